The summed E-state index contributed by atoms with van der Waals surface area (Å²) in [5.41, 5.74) is 0.104. The van der Waals surface area contributed by atoms with E-state index in [0.717, 1.165) is 12.1 Å². The molecule has 0 saturated carbocycles. The summed E-state index contributed by atoms with van der Waals surface area (Å²) in [7, 11) is -4.37. The Balaban J connectivity index is 1.51. The van der Waals surface area contributed by atoms with Gasteiger partial charge in [-0.1, -0.05) is 12.1 Å². The number of halogens is 3. The van der Waals surface area contributed by atoms with E-state index in [1.807, 2.05) is 0 Å². The van der Waals surface area contributed by atoms with Crippen LogP contribution in [-0.4, -0.2) is 34.3 Å². The molecule has 2 heterocycles. The molecule has 34 heavy (non-hydrogen) atoms. The molecule has 9 nitrogen and oxygen atoms in total. The average Bonchev–Trinajstić information content (AvgIpc) is 3.29. The number of aryl methyl sites for hydroxylation is 1. The summed E-state index contributed by atoms with van der Waals surface area (Å²) in [5.74, 6) is 0.769. The molecule has 0 aliphatic heterocycles. The van der Waals surface area contributed by atoms with E-state index in [2.05, 4.69) is 24.4 Å². The fraction of sp³-hybridized carbons (Fsp3) is 0.0952. The van der Waals surface area contributed by atoms with Crippen LogP contribution in [0.4, 0.5) is 18.9 Å². The van der Waals surface area contributed by atoms with Gasteiger partial charge in [0.2, 0.25) is 5.88 Å². The number of para-hydroxylation sites is 1. The number of hydrogen-bond acceptors (Lipinski definition) is 7. The highest BCUT2D eigenvalue weighted by atomic mass is 32.2. The summed E-state index contributed by atoms with van der Waals surface area (Å²) in [6, 6.07) is 11.8. The summed E-state index contributed by atoms with van der Waals surface area (Å²) in [6.45, 7) is 1.70. The molecule has 13 heteroatoms. The van der Waals surface area contributed by atoms with Crippen molar-refractivity contribution in [1.82, 2.24) is 19.5 Å². The van der Waals surface area contributed by atoms with Crippen molar-refractivity contribution in [2.75, 3.05) is 4.72 Å². The van der Waals surface area contributed by atoms with Crippen molar-refractivity contribution in [3.05, 3.63) is 79.1 Å². The minimum atomic E-state index is -5.04. The summed E-state index contributed by atoms with van der Waals surface area (Å²) in [6.07, 6.45) is -0.151. The van der Waals surface area contributed by atoms with Gasteiger partial charge in [0.05, 0.1) is 0 Å². The Morgan fingerprint density at radius 3 is 2.44 bits per heavy atom. The lowest BCUT2D eigenvalue weighted by atomic mass is 10.3. The minimum absolute atomic E-state index is 0.104. The molecule has 0 saturated heterocycles. The van der Waals surface area contributed by atoms with Gasteiger partial charge in [-0.3, -0.25) is 9.29 Å². The first-order valence-electron chi connectivity index (χ1n) is 9.59. The number of imidazole rings is 1. The Hall–Kier alpha value is -4.13. The van der Waals surface area contributed by atoms with E-state index in [0.29, 0.717) is 17.4 Å². The number of ether oxygens (including phenoxy) is 2. The van der Waals surface area contributed by atoms with Gasteiger partial charge in [0.15, 0.2) is 0 Å². The number of rotatable bonds is 7. The fourth-order valence-corrected chi connectivity index (χ4v) is 4.10. The van der Waals surface area contributed by atoms with Crippen LogP contribution < -0.4 is 14.2 Å². The number of nitrogens with one attached hydrogen (secondary N) is 1. The van der Waals surface area contributed by atoms with Crippen LogP contribution in [0.25, 0.3) is 5.82 Å². The largest absolute Gasteiger partial charge is 0.573 e. The molecule has 0 aliphatic rings. The quantitative estimate of drug-likeness (QED) is 0.407. The van der Waals surface area contributed by atoms with Gasteiger partial charge in [-0.15, -0.1) is 13.2 Å². The molecule has 2 aromatic heterocycles. The maximum atomic E-state index is 12.7. The number of sulfonamides is 1. The predicted molar refractivity (Wildman–Crippen MR) is 114 cm³/mol. The van der Waals surface area contributed by atoms with Crippen LogP contribution >= 0.6 is 0 Å². The number of hydrogen-bond donors (Lipinski definition) is 1. The van der Waals surface area contributed by atoms with Crippen molar-refractivity contribution in [1.29, 1.82) is 0 Å². The monoisotopic (exact) mass is 491 g/mol. The third-order valence-corrected chi connectivity index (χ3v) is 5.68. The normalized spacial score (nSPS) is 11.8. The van der Waals surface area contributed by atoms with Crippen molar-refractivity contribution in [3.63, 3.8) is 0 Å². The van der Waals surface area contributed by atoms with Crippen LogP contribution in [0.2, 0.25) is 0 Å². The second-order valence-corrected chi connectivity index (χ2v) is 8.46. The van der Waals surface area contributed by atoms with Crippen molar-refractivity contribution >= 4 is 15.7 Å². The van der Waals surface area contributed by atoms with Gasteiger partial charge in [-0.2, -0.15) is 4.98 Å². The van der Waals surface area contributed by atoms with Gasteiger partial charge in [-0.25, -0.2) is 18.4 Å². The van der Waals surface area contributed by atoms with E-state index in [4.69, 9.17) is 4.74 Å². The summed E-state index contributed by atoms with van der Waals surface area (Å²) < 4.78 is 76.7. The third-order valence-electron chi connectivity index (χ3n) is 4.26. The van der Waals surface area contributed by atoms with E-state index >= 15 is 0 Å². The van der Waals surface area contributed by atoms with Crippen LogP contribution in [0.5, 0.6) is 17.4 Å². The number of nitrogens with zero attached hydrogens (tertiary/aromatic N) is 4. The summed E-state index contributed by atoms with van der Waals surface area (Å²) in [5, 5.41) is 0. The van der Waals surface area contributed by atoms with Crippen LogP contribution in [0.3, 0.4) is 0 Å². The first-order chi connectivity index (χ1) is 16.1. The number of alkyl halides is 3. The van der Waals surface area contributed by atoms with Gasteiger partial charge >= 0.3 is 6.36 Å². The molecule has 0 radical (unpaired) electrons. The van der Waals surface area contributed by atoms with Crippen LogP contribution in [0.1, 0.15) is 5.82 Å². The molecule has 0 amide bonds. The number of aromatic nitrogens is 4. The summed E-state index contributed by atoms with van der Waals surface area (Å²) in [4.78, 5) is 11.8. The standard InChI is InChI=1S/C21H16F3N5O4S/c1-14-26-19(29-11-10-25-13-29)12-20(27-14)32-16-8-6-15(7-9-16)28-34(30,31)18-5-3-2-4-17(18)33-21(22,23)24/h2-13,28H,1H3. The zero-order valence-electron chi connectivity index (χ0n) is 17.4. The number of anilines is 1. The predicted octanol–water partition coefficient (Wildman–Crippen LogP) is 4.46. The first kappa shape index (κ1) is 23.0. The Labute approximate surface area is 191 Å². The fourth-order valence-electron chi connectivity index (χ4n) is 2.91. The highest BCUT2D eigenvalue weighted by Gasteiger charge is 2.34. The van der Waals surface area contributed by atoms with E-state index < -0.39 is 27.0 Å². The maximum Gasteiger partial charge on any atom is 0.573 e. The van der Waals surface area contributed by atoms with Gasteiger partial charge < -0.3 is 9.47 Å². The lowest BCUT2D eigenvalue weighted by Crippen LogP contribution is -2.20. The Morgan fingerprint density at radius 2 is 1.76 bits per heavy atom. The second-order valence-electron chi connectivity index (χ2n) is 6.81. The van der Waals surface area contributed by atoms with Gasteiger partial charge in [0, 0.05) is 24.1 Å². The minimum Gasteiger partial charge on any atom is -0.439 e. The van der Waals surface area contributed by atoms with E-state index in [-0.39, 0.29) is 11.6 Å². The van der Waals surface area contributed by atoms with Crippen molar-refractivity contribution in [3.8, 4) is 23.2 Å². The summed E-state index contributed by atoms with van der Waals surface area (Å²) >= 11 is 0. The molecule has 2 aromatic carbocycles. The lowest BCUT2D eigenvalue weighted by molar-refractivity contribution is -0.275. The Morgan fingerprint density at radius 1 is 1.03 bits per heavy atom. The van der Waals surface area contributed by atoms with Gasteiger partial charge in [0.1, 0.15) is 34.4 Å². The zero-order valence-corrected chi connectivity index (χ0v) is 18.2. The van der Waals surface area contributed by atoms with E-state index in [1.54, 1.807) is 36.3 Å². The molecule has 0 fully saturated rings. The molecule has 0 bridgehead atoms. The molecule has 4 aromatic rings. The zero-order chi connectivity index (χ0) is 24.3. The molecule has 0 unspecified atom stereocenters. The molecule has 1 N–H and O–H groups in total. The van der Waals surface area contributed by atoms with Gasteiger partial charge in [0.25, 0.3) is 10.0 Å². The molecular formula is C21H16F3N5O4S. The van der Waals surface area contributed by atoms with Crippen LogP contribution in [0.15, 0.2) is 78.2 Å². The molecular weight excluding hydrogens is 475 g/mol. The molecule has 0 spiro atoms. The van der Waals surface area contributed by atoms with E-state index in [9.17, 15) is 21.6 Å². The SMILES string of the molecule is Cc1nc(Oc2ccc(NS(=O)(=O)c3ccccc3OC(F)(F)F)cc2)cc(-n2ccnc2)n1. The highest BCUT2D eigenvalue weighted by Crippen LogP contribution is 2.31. The Kier molecular flexibility index (Phi) is 6.11. The van der Waals surface area contributed by atoms with E-state index in [1.165, 1.54) is 36.4 Å². The number of benzene rings is 2. The van der Waals surface area contributed by atoms with Gasteiger partial charge in [-0.05, 0) is 43.3 Å². The maximum absolute atomic E-state index is 12.7. The topological polar surface area (TPSA) is 108 Å². The molecule has 176 valence electrons. The molecule has 0 aliphatic carbocycles. The highest BCUT2D eigenvalue weighted by molar-refractivity contribution is 7.92. The average molecular weight is 491 g/mol. The van der Waals surface area contributed by atoms with Crippen molar-refractivity contribution < 1.29 is 31.1 Å². The van der Waals surface area contributed by atoms with Crippen LogP contribution in [0, 0.1) is 6.92 Å². The Bertz CT molecular complexity index is 1390. The molecule has 4 rings (SSSR count). The second kappa shape index (κ2) is 9.02. The third kappa shape index (κ3) is 5.61. The van der Waals surface area contributed by atoms with Crippen LogP contribution in [-0.2, 0) is 10.0 Å². The lowest BCUT2D eigenvalue weighted by Gasteiger charge is -2.14. The van der Waals surface area contributed by atoms with Crippen molar-refractivity contribution in [2.24, 2.45) is 0 Å². The smallest absolute Gasteiger partial charge is 0.439 e. The first-order valence-corrected chi connectivity index (χ1v) is 11.1. The molecule has 0 atom stereocenters. The van der Waals surface area contributed by atoms with Crippen molar-refractivity contribution in [2.45, 2.75) is 18.2 Å².